The van der Waals surface area contributed by atoms with E-state index in [9.17, 15) is 0 Å². The van der Waals surface area contributed by atoms with E-state index < -0.39 is 0 Å². The fourth-order valence-corrected chi connectivity index (χ4v) is 1.46. The highest BCUT2D eigenvalue weighted by Crippen LogP contribution is 2.14. The summed E-state index contributed by atoms with van der Waals surface area (Å²) in [5, 5.41) is 12.1. The molecule has 0 fully saturated rings. The van der Waals surface area contributed by atoms with Crippen LogP contribution in [0.3, 0.4) is 0 Å². The van der Waals surface area contributed by atoms with Crippen LogP contribution in [0.5, 0.6) is 0 Å². The van der Waals surface area contributed by atoms with E-state index in [0.717, 1.165) is 10.9 Å². The molecule has 2 heterocycles. The molecule has 16 heavy (non-hydrogen) atoms. The summed E-state index contributed by atoms with van der Waals surface area (Å²) in [6, 6.07) is 9.54. The van der Waals surface area contributed by atoms with E-state index in [0.29, 0.717) is 11.5 Å². The van der Waals surface area contributed by atoms with Crippen molar-refractivity contribution in [3.05, 3.63) is 42.7 Å². The first-order valence-electron chi connectivity index (χ1n) is 4.80. The molecular formula is C11H7N5. The van der Waals surface area contributed by atoms with E-state index in [1.165, 1.54) is 0 Å². The third-order valence-corrected chi connectivity index (χ3v) is 2.22. The van der Waals surface area contributed by atoms with Crippen LogP contribution in [0.15, 0.2) is 42.7 Å². The van der Waals surface area contributed by atoms with Crippen molar-refractivity contribution in [2.75, 3.05) is 0 Å². The van der Waals surface area contributed by atoms with Gasteiger partial charge >= 0.3 is 0 Å². The van der Waals surface area contributed by atoms with Crippen molar-refractivity contribution in [1.82, 2.24) is 25.4 Å². The predicted octanol–water partition coefficient (Wildman–Crippen LogP) is 1.48. The molecule has 0 saturated heterocycles. The van der Waals surface area contributed by atoms with Gasteiger partial charge in [-0.05, 0) is 17.3 Å². The summed E-state index contributed by atoms with van der Waals surface area (Å²) in [4.78, 5) is 8.64. The van der Waals surface area contributed by atoms with Gasteiger partial charge in [-0.25, -0.2) is 9.97 Å². The normalized spacial score (nSPS) is 10.5. The Morgan fingerprint density at radius 2 is 1.94 bits per heavy atom. The van der Waals surface area contributed by atoms with E-state index in [4.69, 9.17) is 0 Å². The molecule has 76 valence electrons. The number of hydrogen-bond donors (Lipinski definition) is 0. The Hall–Kier alpha value is -2.43. The van der Waals surface area contributed by atoms with Gasteiger partial charge in [-0.3, -0.25) is 0 Å². The number of nitrogens with zero attached hydrogens (tertiary/aromatic N) is 5. The highest BCUT2D eigenvalue weighted by Gasteiger charge is 2.03. The lowest BCUT2D eigenvalue weighted by atomic mass is 10.2. The van der Waals surface area contributed by atoms with E-state index in [2.05, 4.69) is 25.4 Å². The largest absolute Gasteiger partial charge is 0.234 e. The van der Waals surface area contributed by atoms with Crippen LogP contribution in [0.1, 0.15) is 0 Å². The lowest BCUT2D eigenvalue weighted by Crippen LogP contribution is -1.94. The minimum absolute atomic E-state index is 0.564. The first-order valence-corrected chi connectivity index (χ1v) is 4.80. The Labute approximate surface area is 91.2 Å². The van der Waals surface area contributed by atoms with E-state index >= 15 is 0 Å². The molecule has 0 aliphatic carbocycles. The van der Waals surface area contributed by atoms with Gasteiger partial charge in [0.05, 0.1) is 11.7 Å². The Morgan fingerprint density at radius 1 is 1.00 bits per heavy atom. The number of benzene rings is 1. The maximum absolute atomic E-state index is 4.40. The fraction of sp³-hybridized carbons (Fsp3) is 0. The topological polar surface area (TPSA) is 64.5 Å². The SMILES string of the molecule is c1ccc2nc(-c3ccnnn3)ncc2c1. The molecule has 0 radical (unpaired) electrons. The second kappa shape index (κ2) is 3.62. The second-order valence-electron chi connectivity index (χ2n) is 3.26. The summed E-state index contributed by atoms with van der Waals surface area (Å²) in [6.45, 7) is 0. The van der Waals surface area contributed by atoms with E-state index in [1.807, 2.05) is 24.3 Å². The zero-order valence-corrected chi connectivity index (χ0v) is 8.28. The van der Waals surface area contributed by atoms with Crippen LogP contribution in [0.2, 0.25) is 0 Å². The third kappa shape index (κ3) is 1.48. The van der Waals surface area contributed by atoms with Gasteiger partial charge in [-0.2, -0.15) is 0 Å². The molecule has 0 unspecified atom stereocenters. The molecule has 3 rings (SSSR count). The summed E-state index contributed by atoms with van der Waals surface area (Å²) >= 11 is 0. The van der Waals surface area contributed by atoms with Gasteiger partial charge in [0.25, 0.3) is 0 Å². The lowest BCUT2D eigenvalue weighted by Gasteiger charge is -1.99. The van der Waals surface area contributed by atoms with Gasteiger partial charge < -0.3 is 0 Å². The summed E-state index contributed by atoms with van der Waals surface area (Å²) in [5.74, 6) is 0.564. The Kier molecular flexibility index (Phi) is 2.00. The molecule has 0 bridgehead atoms. The van der Waals surface area contributed by atoms with E-state index in [1.54, 1.807) is 18.5 Å². The van der Waals surface area contributed by atoms with Gasteiger partial charge in [0.2, 0.25) is 0 Å². The number of rotatable bonds is 1. The smallest absolute Gasteiger partial charge is 0.180 e. The Balaban J connectivity index is 2.19. The fourth-order valence-electron chi connectivity index (χ4n) is 1.46. The second-order valence-corrected chi connectivity index (χ2v) is 3.26. The average Bonchev–Trinajstić information content (AvgIpc) is 2.39. The van der Waals surface area contributed by atoms with Crippen molar-refractivity contribution < 1.29 is 0 Å². The maximum Gasteiger partial charge on any atom is 0.180 e. The minimum Gasteiger partial charge on any atom is -0.234 e. The van der Waals surface area contributed by atoms with Crippen LogP contribution in [-0.4, -0.2) is 25.4 Å². The first-order chi connectivity index (χ1) is 7.93. The van der Waals surface area contributed by atoms with Crippen molar-refractivity contribution in [2.24, 2.45) is 0 Å². The Bertz CT molecular complexity index is 623. The molecule has 5 nitrogen and oxygen atoms in total. The minimum atomic E-state index is 0.564. The molecule has 0 amide bonds. The maximum atomic E-state index is 4.40. The standard InChI is InChI=1S/C11H7N5/c1-2-4-9-8(3-1)7-12-11(14-9)10-5-6-13-16-15-10/h1-7H. The highest BCUT2D eigenvalue weighted by molar-refractivity contribution is 5.78. The van der Waals surface area contributed by atoms with Crippen molar-refractivity contribution >= 4 is 10.9 Å². The predicted molar refractivity (Wildman–Crippen MR) is 58.4 cm³/mol. The molecule has 0 aliphatic heterocycles. The van der Waals surface area contributed by atoms with Crippen molar-refractivity contribution in [1.29, 1.82) is 0 Å². The van der Waals surface area contributed by atoms with Crippen LogP contribution in [0, 0.1) is 0 Å². The van der Waals surface area contributed by atoms with Gasteiger partial charge in [0, 0.05) is 11.6 Å². The first kappa shape index (κ1) is 8.84. The number of hydrogen-bond acceptors (Lipinski definition) is 5. The molecule has 2 aromatic heterocycles. The van der Waals surface area contributed by atoms with Gasteiger partial charge in [0.1, 0.15) is 5.69 Å². The zero-order valence-electron chi connectivity index (χ0n) is 8.28. The average molecular weight is 209 g/mol. The third-order valence-electron chi connectivity index (χ3n) is 2.22. The molecule has 0 N–H and O–H groups in total. The van der Waals surface area contributed by atoms with E-state index in [-0.39, 0.29) is 0 Å². The number of para-hydroxylation sites is 1. The zero-order chi connectivity index (χ0) is 10.8. The molecule has 0 atom stereocenters. The van der Waals surface area contributed by atoms with Crippen molar-refractivity contribution in [3.8, 4) is 11.5 Å². The van der Waals surface area contributed by atoms with Gasteiger partial charge in [0.15, 0.2) is 5.82 Å². The number of fused-ring (bicyclic) bond motifs is 1. The molecule has 5 heteroatoms. The van der Waals surface area contributed by atoms with Crippen LogP contribution in [0.4, 0.5) is 0 Å². The highest BCUT2D eigenvalue weighted by atomic mass is 15.3. The van der Waals surface area contributed by atoms with Crippen LogP contribution < -0.4 is 0 Å². The molecule has 1 aromatic carbocycles. The molecule has 0 saturated carbocycles. The van der Waals surface area contributed by atoms with Crippen LogP contribution in [-0.2, 0) is 0 Å². The van der Waals surface area contributed by atoms with Crippen LogP contribution in [0.25, 0.3) is 22.4 Å². The summed E-state index contributed by atoms with van der Waals surface area (Å²) in [7, 11) is 0. The summed E-state index contributed by atoms with van der Waals surface area (Å²) < 4.78 is 0. The number of aromatic nitrogens is 5. The van der Waals surface area contributed by atoms with Crippen molar-refractivity contribution in [2.45, 2.75) is 0 Å². The Morgan fingerprint density at radius 3 is 2.81 bits per heavy atom. The molecule has 0 aliphatic rings. The van der Waals surface area contributed by atoms with Crippen molar-refractivity contribution in [3.63, 3.8) is 0 Å². The molecular weight excluding hydrogens is 202 g/mol. The quantitative estimate of drug-likeness (QED) is 0.607. The summed E-state index contributed by atoms with van der Waals surface area (Å²) in [6.07, 6.45) is 3.35. The molecule has 3 aromatic rings. The van der Waals surface area contributed by atoms with Gasteiger partial charge in [-0.15, -0.1) is 10.2 Å². The molecule has 0 spiro atoms. The lowest BCUT2D eigenvalue weighted by molar-refractivity contribution is 0.864. The monoisotopic (exact) mass is 209 g/mol. The summed E-state index contributed by atoms with van der Waals surface area (Å²) in [5.41, 5.74) is 1.52. The van der Waals surface area contributed by atoms with Gasteiger partial charge in [-0.1, -0.05) is 18.2 Å². The van der Waals surface area contributed by atoms with Crippen LogP contribution >= 0.6 is 0 Å².